The first-order valence-electron chi connectivity index (χ1n) is 10.3. The number of rotatable bonds is 8. The van der Waals surface area contributed by atoms with E-state index in [2.05, 4.69) is 20.5 Å². The van der Waals surface area contributed by atoms with E-state index >= 15 is 0 Å². The van der Waals surface area contributed by atoms with Gasteiger partial charge in [0, 0.05) is 13.1 Å². The SMILES string of the molecule is CCNC(=NCc1ccc(OC)c(F)c1)NCC(c1ccco1)N1CCCCC1. The number of halogens is 1. The van der Waals surface area contributed by atoms with Crippen LogP contribution in [-0.4, -0.2) is 44.1 Å². The van der Waals surface area contributed by atoms with Crippen LogP contribution < -0.4 is 15.4 Å². The van der Waals surface area contributed by atoms with Gasteiger partial charge in [0.05, 0.1) is 26.0 Å². The fourth-order valence-corrected chi connectivity index (χ4v) is 3.63. The zero-order valence-corrected chi connectivity index (χ0v) is 17.3. The third-order valence-electron chi connectivity index (χ3n) is 5.15. The van der Waals surface area contributed by atoms with Crippen molar-refractivity contribution in [1.82, 2.24) is 15.5 Å². The van der Waals surface area contributed by atoms with Crippen molar-refractivity contribution in [3.63, 3.8) is 0 Å². The standard InChI is InChI=1S/C22H31FN4O2/c1-3-24-22(25-15-17-9-10-20(28-2)18(23)14-17)26-16-19(21-8-7-13-29-21)27-11-5-4-6-12-27/h7-10,13-14,19H,3-6,11-12,15-16H2,1-2H3,(H2,24,25,26). The lowest BCUT2D eigenvalue weighted by Gasteiger charge is -2.33. The Labute approximate surface area is 172 Å². The molecule has 0 aliphatic carbocycles. The number of ether oxygens (including phenoxy) is 1. The van der Waals surface area contributed by atoms with Crippen molar-refractivity contribution in [1.29, 1.82) is 0 Å². The van der Waals surface area contributed by atoms with E-state index < -0.39 is 0 Å². The minimum atomic E-state index is -0.374. The Morgan fingerprint density at radius 2 is 2.07 bits per heavy atom. The van der Waals surface area contributed by atoms with Crippen LogP contribution in [0.15, 0.2) is 46.0 Å². The molecule has 1 fully saturated rings. The fourth-order valence-electron chi connectivity index (χ4n) is 3.63. The second kappa shape index (κ2) is 10.9. The molecule has 2 N–H and O–H groups in total. The van der Waals surface area contributed by atoms with E-state index in [1.807, 2.05) is 25.1 Å². The number of methoxy groups -OCH3 is 1. The van der Waals surface area contributed by atoms with E-state index in [0.29, 0.717) is 19.0 Å². The second-order valence-corrected chi connectivity index (χ2v) is 7.17. The van der Waals surface area contributed by atoms with Crippen LogP contribution in [0.5, 0.6) is 5.75 Å². The van der Waals surface area contributed by atoms with Crippen molar-refractivity contribution in [2.45, 2.75) is 38.8 Å². The van der Waals surface area contributed by atoms with E-state index in [1.165, 1.54) is 32.4 Å². The van der Waals surface area contributed by atoms with Crippen LogP contribution in [0.2, 0.25) is 0 Å². The quantitative estimate of drug-likeness (QED) is 0.521. The van der Waals surface area contributed by atoms with Crippen LogP contribution in [0, 0.1) is 5.82 Å². The Balaban J connectivity index is 1.66. The van der Waals surface area contributed by atoms with E-state index in [-0.39, 0.29) is 17.6 Å². The summed E-state index contributed by atoms with van der Waals surface area (Å²) in [6, 6.07) is 9.05. The number of nitrogens with one attached hydrogen (secondary N) is 2. The maximum atomic E-state index is 13.9. The molecule has 1 aliphatic heterocycles. The zero-order valence-electron chi connectivity index (χ0n) is 17.3. The largest absolute Gasteiger partial charge is 0.494 e. The number of piperidine rings is 1. The van der Waals surface area contributed by atoms with Crippen molar-refractivity contribution < 1.29 is 13.5 Å². The summed E-state index contributed by atoms with van der Waals surface area (Å²) in [6.45, 7) is 6.00. The van der Waals surface area contributed by atoms with Crippen molar-refractivity contribution in [3.05, 3.63) is 53.7 Å². The normalized spacial score (nSPS) is 16.4. The van der Waals surface area contributed by atoms with Crippen molar-refractivity contribution in [3.8, 4) is 5.75 Å². The van der Waals surface area contributed by atoms with Crippen LogP contribution in [0.4, 0.5) is 4.39 Å². The van der Waals surface area contributed by atoms with Gasteiger partial charge in [-0.1, -0.05) is 12.5 Å². The van der Waals surface area contributed by atoms with Gasteiger partial charge in [-0.3, -0.25) is 4.90 Å². The maximum Gasteiger partial charge on any atom is 0.191 e. The van der Waals surface area contributed by atoms with Gasteiger partial charge in [-0.05, 0) is 62.7 Å². The smallest absolute Gasteiger partial charge is 0.191 e. The highest BCUT2D eigenvalue weighted by molar-refractivity contribution is 5.79. The van der Waals surface area contributed by atoms with Crippen LogP contribution in [0.1, 0.15) is 43.6 Å². The number of nitrogens with zero attached hydrogens (tertiary/aromatic N) is 2. The molecule has 2 heterocycles. The second-order valence-electron chi connectivity index (χ2n) is 7.17. The molecule has 158 valence electrons. The molecule has 3 rings (SSSR count). The summed E-state index contributed by atoms with van der Waals surface area (Å²) in [7, 11) is 1.46. The van der Waals surface area contributed by atoms with Gasteiger partial charge in [-0.2, -0.15) is 0 Å². The number of benzene rings is 1. The van der Waals surface area contributed by atoms with Gasteiger partial charge in [-0.25, -0.2) is 9.38 Å². The predicted molar refractivity (Wildman–Crippen MR) is 113 cm³/mol. The highest BCUT2D eigenvalue weighted by Crippen LogP contribution is 2.24. The molecule has 0 spiro atoms. The summed E-state index contributed by atoms with van der Waals surface area (Å²) in [5.41, 5.74) is 0.791. The Hall–Kier alpha value is -2.54. The van der Waals surface area contributed by atoms with Crippen molar-refractivity contribution in [2.24, 2.45) is 4.99 Å². The summed E-state index contributed by atoms with van der Waals surface area (Å²) >= 11 is 0. The molecular formula is C22H31FN4O2. The first kappa shape index (κ1) is 21.2. The molecule has 1 aliphatic rings. The molecule has 0 radical (unpaired) electrons. The highest BCUT2D eigenvalue weighted by Gasteiger charge is 2.24. The minimum absolute atomic E-state index is 0.160. The van der Waals surface area contributed by atoms with E-state index in [0.717, 1.165) is 31.0 Å². The van der Waals surface area contributed by atoms with Crippen molar-refractivity contribution >= 4 is 5.96 Å². The molecule has 6 nitrogen and oxygen atoms in total. The van der Waals surface area contributed by atoms with Crippen LogP contribution in [0.3, 0.4) is 0 Å². The molecule has 29 heavy (non-hydrogen) atoms. The molecule has 2 aromatic rings. The maximum absolute atomic E-state index is 13.9. The summed E-state index contributed by atoms with van der Waals surface area (Å²) < 4.78 is 24.6. The molecular weight excluding hydrogens is 371 g/mol. The van der Waals surface area contributed by atoms with Crippen LogP contribution in [-0.2, 0) is 6.54 Å². The number of guanidine groups is 1. The average molecular weight is 403 g/mol. The number of aliphatic imine (C=N–C) groups is 1. The van der Waals surface area contributed by atoms with Gasteiger partial charge in [-0.15, -0.1) is 0 Å². The summed E-state index contributed by atoms with van der Waals surface area (Å²) in [4.78, 5) is 7.09. The Morgan fingerprint density at radius 3 is 2.72 bits per heavy atom. The van der Waals surface area contributed by atoms with Crippen LogP contribution in [0.25, 0.3) is 0 Å². The number of hydrogen-bond donors (Lipinski definition) is 2. The molecule has 0 bridgehead atoms. The average Bonchev–Trinajstić information content (AvgIpc) is 3.27. The lowest BCUT2D eigenvalue weighted by molar-refractivity contribution is 0.146. The summed E-state index contributed by atoms with van der Waals surface area (Å²) in [5.74, 6) is 1.54. The Bertz CT molecular complexity index is 773. The first-order valence-corrected chi connectivity index (χ1v) is 10.3. The third-order valence-corrected chi connectivity index (χ3v) is 5.15. The lowest BCUT2D eigenvalue weighted by atomic mass is 10.1. The molecule has 1 aromatic carbocycles. The topological polar surface area (TPSA) is 62.0 Å². The summed E-state index contributed by atoms with van der Waals surface area (Å²) in [5, 5.41) is 6.70. The van der Waals surface area contributed by atoms with Gasteiger partial charge < -0.3 is 19.8 Å². The molecule has 1 unspecified atom stereocenters. The predicted octanol–water partition coefficient (Wildman–Crippen LogP) is 3.71. The van der Waals surface area contributed by atoms with Gasteiger partial charge in [0.2, 0.25) is 0 Å². The molecule has 0 saturated carbocycles. The van der Waals surface area contributed by atoms with E-state index in [4.69, 9.17) is 9.15 Å². The van der Waals surface area contributed by atoms with Gasteiger partial charge in [0.15, 0.2) is 17.5 Å². The third kappa shape index (κ3) is 5.97. The minimum Gasteiger partial charge on any atom is -0.494 e. The monoisotopic (exact) mass is 402 g/mol. The highest BCUT2D eigenvalue weighted by atomic mass is 19.1. The fraction of sp³-hybridized carbons (Fsp3) is 0.500. The van der Waals surface area contributed by atoms with Gasteiger partial charge in [0.25, 0.3) is 0 Å². The summed E-state index contributed by atoms with van der Waals surface area (Å²) in [6.07, 6.45) is 5.45. The van der Waals surface area contributed by atoms with E-state index in [9.17, 15) is 4.39 Å². The lowest BCUT2D eigenvalue weighted by Crippen LogP contribution is -2.44. The van der Waals surface area contributed by atoms with Gasteiger partial charge >= 0.3 is 0 Å². The number of hydrogen-bond acceptors (Lipinski definition) is 4. The van der Waals surface area contributed by atoms with Crippen molar-refractivity contribution in [2.75, 3.05) is 33.3 Å². The number of likely N-dealkylation sites (tertiary alicyclic amines) is 1. The molecule has 1 atom stereocenters. The zero-order chi connectivity index (χ0) is 20.5. The molecule has 1 saturated heterocycles. The number of furan rings is 1. The van der Waals surface area contributed by atoms with E-state index in [1.54, 1.807) is 12.3 Å². The molecule has 7 heteroatoms. The van der Waals surface area contributed by atoms with Crippen LogP contribution >= 0.6 is 0 Å². The molecule has 1 aromatic heterocycles. The molecule has 0 amide bonds. The first-order chi connectivity index (χ1) is 14.2. The Kier molecular flexibility index (Phi) is 7.93. The Morgan fingerprint density at radius 1 is 1.24 bits per heavy atom. The van der Waals surface area contributed by atoms with Gasteiger partial charge in [0.1, 0.15) is 5.76 Å².